The van der Waals surface area contributed by atoms with E-state index in [1.54, 1.807) is 30.5 Å². The van der Waals surface area contributed by atoms with Crippen LogP contribution < -0.4 is 15.5 Å². The van der Waals surface area contributed by atoms with Gasteiger partial charge in [-0.3, -0.25) is 9.59 Å². The Hall–Kier alpha value is -3.93. The Balaban J connectivity index is 1.53. The average molecular weight is 415 g/mol. The molecule has 6 heteroatoms. The summed E-state index contributed by atoms with van der Waals surface area (Å²) < 4.78 is 5.80. The van der Waals surface area contributed by atoms with Crippen LogP contribution in [0.15, 0.2) is 84.0 Å². The predicted molar refractivity (Wildman–Crippen MR) is 123 cm³/mol. The number of nitrogens with zero attached hydrogens (tertiary/aromatic N) is 1. The summed E-state index contributed by atoms with van der Waals surface area (Å²) in [5.41, 5.74) is 4.41. The summed E-state index contributed by atoms with van der Waals surface area (Å²) in [6, 6.07) is 23.6. The van der Waals surface area contributed by atoms with Crippen molar-refractivity contribution in [2.75, 3.05) is 5.32 Å². The molecular weight excluding hydrogens is 390 g/mol. The Labute approximate surface area is 182 Å². The van der Waals surface area contributed by atoms with Gasteiger partial charge in [-0.05, 0) is 60.5 Å². The molecule has 2 amide bonds. The maximum Gasteiger partial charge on any atom is 0.271 e. The smallest absolute Gasteiger partial charge is 0.271 e. The lowest BCUT2D eigenvalue weighted by Gasteiger charge is -2.06. The van der Waals surface area contributed by atoms with Gasteiger partial charge in [-0.1, -0.05) is 43.7 Å². The summed E-state index contributed by atoms with van der Waals surface area (Å²) in [4.78, 5) is 24.1. The van der Waals surface area contributed by atoms with E-state index in [4.69, 9.17) is 4.74 Å². The molecule has 31 heavy (non-hydrogen) atoms. The van der Waals surface area contributed by atoms with Crippen LogP contribution in [0, 0.1) is 0 Å². The largest absolute Gasteiger partial charge is 0.457 e. The minimum Gasteiger partial charge on any atom is -0.457 e. The predicted octanol–water partition coefficient (Wildman–Crippen LogP) is 5.37. The van der Waals surface area contributed by atoms with Crippen molar-refractivity contribution in [1.82, 2.24) is 5.43 Å². The van der Waals surface area contributed by atoms with Crippen LogP contribution in [0.4, 0.5) is 5.69 Å². The lowest BCUT2D eigenvalue weighted by Crippen LogP contribution is -2.17. The van der Waals surface area contributed by atoms with Gasteiger partial charge in [-0.25, -0.2) is 5.43 Å². The molecule has 158 valence electrons. The molecule has 3 aromatic carbocycles. The van der Waals surface area contributed by atoms with Crippen molar-refractivity contribution in [2.24, 2.45) is 5.10 Å². The van der Waals surface area contributed by atoms with Gasteiger partial charge < -0.3 is 10.1 Å². The third kappa shape index (κ3) is 7.12. The molecule has 2 N–H and O–H groups in total. The third-order valence-electron chi connectivity index (χ3n) is 4.40. The van der Waals surface area contributed by atoms with Gasteiger partial charge in [0.05, 0.1) is 6.21 Å². The fraction of sp³-hybridized carbons (Fsp3) is 0.160. The molecule has 0 bridgehead atoms. The Morgan fingerprint density at radius 2 is 1.68 bits per heavy atom. The van der Waals surface area contributed by atoms with Crippen molar-refractivity contribution < 1.29 is 14.3 Å². The first-order chi connectivity index (χ1) is 15.1. The van der Waals surface area contributed by atoms with Gasteiger partial charge in [0.25, 0.3) is 5.91 Å². The molecule has 0 unspecified atom stereocenters. The minimum absolute atomic E-state index is 0.0258. The average Bonchev–Trinajstić information content (AvgIpc) is 2.79. The van der Waals surface area contributed by atoms with E-state index in [0.717, 1.165) is 24.2 Å². The van der Waals surface area contributed by atoms with Crippen LogP contribution in [0.1, 0.15) is 42.1 Å². The van der Waals surface area contributed by atoms with E-state index in [0.29, 0.717) is 23.4 Å². The zero-order valence-corrected chi connectivity index (χ0v) is 17.4. The molecule has 0 spiro atoms. The molecule has 0 aliphatic heterocycles. The zero-order valence-electron chi connectivity index (χ0n) is 17.4. The monoisotopic (exact) mass is 415 g/mol. The van der Waals surface area contributed by atoms with Crippen molar-refractivity contribution in [3.63, 3.8) is 0 Å². The van der Waals surface area contributed by atoms with Crippen molar-refractivity contribution in [3.05, 3.63) is 90.0 Å². The molecule has 0 aromatic heterocycles. The number of hydrazone groups is 1. The van der Waals surface area contributed by atoms with Gasteiger partial charge in [0, 0.05) is 17.7 Å². The third-order valence-corrected chi connectivity index (χ3v) is 4.40. The van der Waals surface area contributed by atoms with Crippen molar-refractivity contribution in [2.45, 2.75) is 26.2 Å². The fourth-order valence-electron chi connectivity index (χ4n) is 2.78. The van der Waals surface area contributed by atoms with Crippen LogP contribution >= 0.6 is 0 Å². The lowest BCUT2D eigenvalue weighted by atomic mass is 10.2. The second kappa shape index (κ2) is 11.3. The second-order valence-corrected chi connectivity index (χ2v) is 6.92. The number of rotatable bonds is 9. The first kappa shape index (κ1) is 21.8. The number of carbonyl (C=O) groups is 2. The maximum atomic E-state index is 12.3. The number of hydrogen-bond donors (Lipinski definition) is 2. The van der Waals surface area contributed by atoms with Crippen LogP contribution in [0.3, 0.4) is 0 Å². The number of hydrogen-bond acceptors (Lipinski definition) is 4. The highest BCUT2D eigenvalue weighted by Crippen LogP contribution is 2.21. The number of benzene rings is 3. The standard InChI is InChI=1S/C25H25N3O3/c1-2-3-12-24(29)27-21-15-13-20(14-16-21)25(30)28-26-18-19-8-7-11-23(17-19)31-22-9-5-4-6-10-22/h4-11,13-18H,2-3,12H2,1H3,(H,27,29)(H,28,30). The summed E-state index contributed by atoms with van der Waals surface area (Å²) in [7, 11) is 0. The van der Waals surface area contributed by atoms with E-state index in [2.05, 4.69) is 15.8 Å². The first-order valence-corrected chi connectivity index (χ1v) is 10.2. The molecule has 3 aromatic rings. The van der Waals surface area contributed by atoms with E-state index < -0.39 is 0 Å². The Morgan fingerprint density at radius 3 is 2.42 bits per heavy atom. The summed E-state index contributed by atoms with van der Waals surface area (Å²) >= 11 is 0. The van der Waals surface area contributed by atoms with E-state index in [9.17, 15) is 9.59 Å². The van der Waals surface area contributed by atoms with Gasteiger partial charge in [-0.2, -0.15) is 5.10 Å². The van der Waals surface area contributed by atoms with Crippen molar-refractivity contribution in [3.8, 4) is 11.5 Å². The molecule has 0 saturated carbocycles. The number of para-hydroxylation sites is 1. The quantitative estimate of drug-likeness (QED) is 0.364. The number of carbonyl (C=O) groups excluding carboxylic acids is 2. The van der Waals surface area contributed by atoms with Crippen molar-refractivity contribution in [1.29, 1.82) is 0 Å². The SMILES string of the molecule is CCCCC(=O)Nc1ccc(C(=O)NN=Cc2cccc(Oc3ccccc3)c2)cc1. The van der Waals surface area contributed by atoms with E-state index >= 15 is 0 Å². The Kier molecular flexibility index (Phi) is 7.94. The molecule has 0 radical (unpaired) electrons. The topological polar surface area (TPSA) is 79.8 Å². The summed E-state index contributed by atoms with van der Waals surface area (Å²) in [6.45, 7) is 2.04. The number of amides is 2. The van der Waals surface area contributed by atoms with Gasteiger partial charge >= 0.3 is 0 Å². The van der Waals surface area contributed by atoms with Crippen LogP contribution in [-0.2, 0) is 4.79 Å². The molecule has 3 rings (SSSR count). The van der Waals surface area contributed by atoms with E-state index in [-0.39, 0.29) is 11.8 Å². The molecule has 6 nitrogen and oxygen atoms in total. The van der Waals surface area contributed by atoms with Gasteiger partial charge in [0.15, 0.2) is 0 Å². The van der Waals surface area contributed by atoms with Gasteiger partial charge in [0.1, 0.15) is 11.5 Å². The van der Waals surface area contributed by atoms with Crippen LogP contribution in [0.2, 0.25) is 0 Å². The highest BCUT2D eigenvalue weighted by Gasteiger charge is 2.06. The molecule has 0 fully saturated rings. The molecule has 0 atom stereocenters. The number of ether oxygens (including phenoxy) is 1. The molecule has 0 saturated heterocycles. The maximum absolute atomic E-state index is 12.3. The molecule has 0 aliphatic rings. The van der Waals surface area contributed by atoms with Crippen LogP contribution in [0.25, 0.3) is 0 Å². The Bertz CT molecular complexity index is 1030. The van der Waals surface area contributed by atoms with Crippen LogP contribution in [0.5, 0.6) is 11.5 Å². The highest BCUT2D eigenvalue weighted by atomic mass is 16.5. The van der Waals surface area contributed by atoms with Crippen LogP contribution in [-0.4, -0.2) is 18.0 Å². The van der Waals surface area contributed by atoms with Gasteiger partial charge in [0.2, 0.25) is 5.91 Å². The number of anilines is 1. The van der Waals surface area contributed by atoms with E-state index in [1.165, 1.54) is 0 Å². The number of unbranched alkanes of at least 4 members (excludes halogenated alkanes) is 1. The summed E-state index contributed by atoms with van der Waals surface area (Å²) in [5, 5.41) is 6.84. The zero-order chi connectivity index (χ0) is 21.9. The summed E-state index contributed by atoms with van der Waals surface area (Å²) in [6.07, 6.45) is 3.87. The van der Waals surface area contributed by atoms with Gasteiger partial charge in [-0.15, -0.1) is 0 Å². The van der Waals surface area contributed by atoms with E-state index in [1.807, 2.05) is 61.5 Å². The summed E-state index contributed by atoms with van der Waals surface area (Å²) in [5.74, 6) is 1.06. The van der Waals surface area contributed by atoms with Crippen molar-refractivity contribution >= 4 is 23.7 Å². The lowest BCUT2D eigenvalue weighted by molar-refractivity contribution is -0.116. The fourth-order valence-corrected chi connectivity index (χ4v) is 2.78. The second-order valence-electron chi connectivity index (χ2n) is 6.92. The Morgan fingerprint density at radius 1 is 0.935 bits per heavy atom. The molecule has 0 heterocycles. The first-order valence-electron chi connectivity index (χ1n) is 10.2. The normalized spacial score (nSPS) is 10.6. The number of nitrogens with one attached hydrogen (secondary N) is 2. The minimum atomic E-state index is -0.336. The molecular formula is C25H25N3O3. The molecule has 0 aliphatic carbocycles. The highest BCUT2D eigenvalue weighted by molar-refractivity contribution is 5.96.